The molecule has 0 radical (unpaired) electrons. The first-order chi connectivity index (χ1) is 16.4. The number of aromatic nitrogens is 2. The van der Waals surface area contributed by atoms with E-state index in [9.17, 15) is 14.0 Å². The molecule has 0 aliphatic carbocycles. The maximum Gasteiger partial charge on any atom is 0.254 e. The third kappa shape index (κ3) is 5.19. The van der Waals surface area contributed by atoms with Gasteiger partial charge in [0.25, 0.3) is 5.91 Å². The Balaban J connectivity index is 1.61. The summed E-state index contributed by atoms with van der Waals surface area (Å²) in [6, 6.07) is 20.2. The number of H-pyrrole nitrogens is 1. The number of primary amides is 1. The molecule has 0 saturated carbocycles. The topological polar surface area (TPSA) is 127 Å². The first kappa shape index (κ1) is 22.9. The number of nitrogens with zero attached hydrogens (tertiary/aromatic N) is 1. The number of nitrogens with two attached hydrogens (primary N) is 2. The minimum absolute atomic E-state index is 0.0657. The van der Waals surface area contributed by atoms with E-state index >= 15 is 0 Å². The van der Waals surface area contributed by atoms with E-state index < -0.39 is 23.7 Å². The summed E-state index contributed by atoms with van der Waals surface area (Å²) in [4.78, 5) is 32.0. The number of hydrogen-bond donors (Lipinski definition) is 4. The normalized spacial score (nSPS) is 11.7. The average Bonchev–Trinajstić information content (AvgIpc) is 3.34. The summed E-state index contributed by atoms with van der Waals surface area (Å²) in [5, 5.41) is 2.90. The van der Waals surface area contributed by atoms with Crippen LogP contribution in [0.25, 0.3) is 11.3 Å². The molecule has 1 aromatic heterocycles. The molecule has 1 atom stereocenters. The molecule has 0 fully saturated rings. The van der Waals surface area contributed by atoms with Crippen molar-refractivity contribution in [2.24, 2.45) is 11.5 Å². The van der Waals surface area contributed by atoms with Crippen LogP contribution < -0.4 is 16.8 Å². The standard InChI is InChI=1S/C26H24FN5O2/c27-21-12-17(14-28)6-11-20(21)26(34)32-22(13-16-4-2-1-3-5-16)25-30-15-23(31-25)18-7-9-19(10-8-18)24(29)33/h1-12,15,22H,13-14,28H2,(H2,29,33)(H,30,31)(H,32,34)/t22-/m0/s1. The molecule has 172 valence electrons. The lowest BCUT2D eigenvalue weighted by Gasteiger charge is -2.17. The molecule has 0 aliphatic heterocycles. The predicted octanol–water partition coefficient (Wildman–Crippen LogP) is 3.49. The Morgan fingerprint density at radius 2 is 1.74 bits per heavy atom. The smallest absolute Gasteiger partial charge is 0.254 e. The highest BCUT2D eigenvalue weighted by atomic mass is 19.1. The second kappa shape index (κ2) is 10.1. The van der Waals surface area contributed by atoms with Crippen molar-refractivity contribution in [2.45, 2.75) is 19.0 Å². The molecule has 6 N–H and O–H groups in total. The van der Waals surface area contributed by atoms with Crippen molar-refractivity contribution in [3.8, 4) is 11.3 Å². The van der Waals surface area contributed by atoms with Crippen LogP contribution >= 0.6 is 0 Å². The fourth-order valence-electron chi connectivity index (χ4n) is 3.64. The number of hydrogen-bond acceptors (Lipinski definition) is 4. The second-order valence-corrected chi connectivity index (χ2v) is 7.85. The fourth-order valence-corrected chi connectivity index (χ4v) is 3.64. The van der Waals surface area contributed by atoms with Gasteiger partial charge in [-0.2, -0.15) is 0 Å². The Bertz CT molecular complexity index is 1300. The molecule has 0 bridgehead atoms. The zero-order valence-corrected chi connectivity index (χ0v) is 18.3. The number of halogens is 1. The number of imidazole rings is 1. The van der Waals surface area contributed by atoms with Gasteiger partial charge in [0.15, 0.2) is 0 Å². The lowest BCUT2D eigenvalue weighted by atomic mass is 10.0. The van der Waals surface area contributed by atoms with Crippen molar-refractivity contribution < 1.29 is 14.0 Å². The summed E-state index contributed by atoms with van der Waals surface area (Å²) in [7, 11) is 0. The van der Waals surface area contributed by atoms with Crippen LogP contribution in [0.2, 0.25) is 0 Å². The van der Waals surface area contributed by atoms with Gasteiger partial charge in [0.1, 0.15) is 11.6 Å². The van der Waals surface area contributed by atoms with Crippen LogP contribution in [0.3, 0.4) is 0 Å². The van der Waals surface area contributed by atoms with Gasteiger partial charge in [0.05, 0.1) is 17.3 Å². The molecule has 1 heterocycles. The van der Waals surface area contributed by atoms with E-state index in [1.807, 2.05) is 30.3 Å². The molecule has 4 aromatic rings. The van der Waals surface area contributed by atoms with E-state index in [4.69, 9.17) is 11.5 Å². The van der Waals surface area contributed by atoms with Gasteiger partial charge in [-0.05, 0) is 41.8 Å². The van der Waals surface area contributed by atoms with E-state index in [0.717, 1.165) is 11.1 Å². The minimum Gasteiger partial charge on any atom is -0.366 e. The monoisotopic (exact) mass is 457 g/mol. The first-order valence-corrected chi connectivity index (χ1v) is 10.7. The third-order valence-corrected chi connectivity index (χ3v) is 5.49. The molecule has 0 unspecified atom stereocenters. The number of aromatic amines is 1. The molecular weight excluding hydrogens is 433 g/mol. The Kier molecular flexibility index (Phi) is 6.79. The third-order valence-electron chi connectivity index (χ3n) is 5.49. The summed E-state index contributed by atoms with van der Waals surface area (Å²) >= 11 is 0. The van der Waals surface area contributed by atoms with Crippen LogP contribution in [0.5, 0.6) is 0 Å². The Morgan fingerprint density at radius 1 is 1.00 bits per heavy atom. The molecule has 7 nitrogen and oxygen atoms in total. The molecule has 8 heteroatoms. The Morgan fingerprint density at radius 3 is 2.38 bits per heavy atom. The molecule has 0 aliphatic rings. The minimum atomic E-state index is -0.631. The number of rotatable bonds is 8. The molecule has 0 saturated heterocycles. The van der Waals surface area contributed by atoms with Gasteiger partial charge in [0, 0.05) is 23.9 Å². The highest BCUT2D eigenvalue weighted by molar-refractivity contribution is 5.95. The molecule has 0 spiro atoms. The quantitative estimate of drug-likeness (QED) is 0.323. The van der Waals surface area contributed by atoms with Gasteiger partial charge in [-0.15, -0.1) is 0 Å². The van der Waals surface area contributed by atoms with E-state index in [0.29, 0.717) is 29.1 Å². The lowest BCUT2D eigenvalue weighted by Crippen LogP contribution is -2.31. The van der Waals surface area contributed by atoms with Crippen LogP contribution in [-0.2, 0) is 13.0 Å². The number of nitrogens with one attached hydrogen (secondary N) is 2. The van der Waals surface area contributed by atoms with Gasteiger partial charge in [-0.3, -0.25) is 9.59 Å². The van der Waals surface area contributed by atoms with E-state index in [2.05, 4.69) is 15.3 Å². The maximum atomic E-state index is 14.5. The molecule has 2 amide bonds. The van der Waals surface area contributed by atoms with Crippen molar-refractivity contribution in [2.75, 3.05) is 0 Å². The van der Waals surface area contributed by atoms with Crippen molar-refractivity contribution in [1.82, 2.24) is 15.3 Å². The number of carbonyl (C=O) groups is 2. The van der Waals surface area contributed by atoms with Gasteiger partial charge in [-0.1, -0.05) is 48.5 Å². The predicted molar refractivity (Wildman–Crippen MR) is 127 cm³/mol. The number of benzene rings is 3. The second-order valence-electron chi connectivity index (χ2n) is 7.85. The Labute approximate surface area is 196 Å². The number of amides is 2. The summed E-state index contributed by atoms with van der Waals surface area (Å²) in [6.45, 7) is 0.186. The summed E-state index contributed by atoms with van der Waals surface area (Å²) < 4.78 is 14.5. The lowest BCUT2D eigenvalue weighted by molar-refractivity contribution is 0.0929. The van der Waals surface area contributed by atoms with Gasteiger partial charge in [0.2, 0.25) is 5.91 Å². The van der Waals surface area contributed by atoms with Crippen LogP contribution in [0.4, 0.5) is 4.39 Å². The number of carbonyl (C=O) groups excluding carboxylic acids is 2. The van der Waals surface area contributed by atoms with Crippen molar-refractivity contribution in [1.29, 1.82) is 0 Å². The summed E-state index contributed by atoms with van der Waals surface area (Å²) in [6.07, 6.45) is 2.16. The first-order valence-electron chi connectivity index (χ1n) is 10.7. The summed E-state index contributed by atoms with van der Waals surface area (Å²) in [5.41, 5.74) is 14.2. The zero-order valence-electron chi connectivity index (χ0n) is 18.3. The van der Waals surface area contributed by atoms with Crippen LogP contribution in [-0.4, -0.2) is 21.8 Å². The van der Waals surface area contributed by atoms with E-state index in [1.54, 1.807) is 36.5 Å². The van der Waals surface area contributed by atoms with E-state index in [-0.39, 0.29) is 12.1 Å². The summed E-state index contributed by atoms with van der Waals surface area (Å²) in [5.74, 6) is -1.17. The van der Waals surface area contributed by atoms with Gasteiger partial charge < -0.3 is 21.8 Å². The fraction of sp³-hybridized carbons (Fsp3) is 0.115. The molecule has 3 aromatic carbocycles. The largest absolute Gasteiger partial charge is 0.366 e. The zero-order chi connectivity index (χ0) is 24.1. The highest BCUT2D eigenvalue weighted by Crippen LogP contribution is 2.23. The molecular formula is C26H24FN5O2. The highest BCUT2D eigenvalue weighted by Gasteiger charge is 2.22. The van der Waals surface area contributed by atoms with Crippen molar-refractivity contribution in [3.05, 3.63) is 113 Å². The average molecular weight is 458 g/mol. The molecule has 4 rings (SSSR count). The molecule has 34 heavy (non-hydrogen) atoms. The van der Waals surface area contributed by atoms with Crippen LogP contribution in [0.1, 0.15) is 43.7 Å². The SMILES string of the molecule is NCc1ccc(C(=O)N[C@@H](Cc2ccccc2)c2nc(-c3ccc(C(N)=O)cc3)c[nH]2)c(F)c1. The van der Waals surface area contributed by atoms with Gasteiger partial charge in [-0.25, -0.2) is 9.37 Å². The van der Waals surface area contributed by atoms with Gasteiger partial charge >= 0.3 is 0 Å². The van der Waals surface area contributed by atoms with Crippen LogP contribution in [0, 0.1) is 5.82 Å². The Hall–Kier alpha value is -4.30. The van der Waals surface area contributed by atoms with Crippen LogP contribution in [0.15, 0.2) is 79.0 Å². The van der Waals surface area contributed by atoms with Crippen molar-refractivity contribution in [3.63, 3.8) is 0 Å². The van der Waals surface area contributed by atoms with E-state index in [1.165, 1.54) is 12.1 Å². The maximum absolute atomic E-state index is 14.5. The van der Waals surface area contributed by atoms with Crippen molar-refractivity contribution >= 4 is 11.8 Å².